The number of nitro benzene ring substituents is 1. The summed E-state index contributed by atoms with van der Waals surface area (Å²) in [5, 5.41) is 15.0. The van der Waals surface area contributed by atoms with E-state index in [4.69, 9.17) is 4.98 Å². The predicted molar refractivity (Wildman–Crippen MR) is 166 cm³/mol. The molecular formula is C35H35N3O2. The number of aryl methyl sites for hydroxylation is 2. The molecule has 6 aromatic rings. The highest BCUT2D eigenvalue weighted by molar-refractivity contribution is 6.11. The Kier molecular flexibility index (Phi) is 7.21. The number of nitrogens with zero attached hydrogens (tertiary/aromatic N) is 3. The van der Waals surface area contributed by atoms with E-state index >= 15 is 0 Å². The molecule has 3 heterocycles. The van der Waals surface area contributed by atoms with E-state index in [9.17, 15) is 10.1 Å². The van der Waals surface area contributed by atoms with Crippen molar-refractivity contribution in [2.75, 3.05) is 0 Å². The zero-order chi connectivity index (χ0) is 27.6. The van der Waals surface area contributed by atoms with Crippen molar-refractivity contribution in [3.63, 3.8) is 0 Å². The van der Waals surface area contributed by atoms with Crippen molar-refractivity contribution in [1.82, 2.24) is 9.38 Å². The second-order valence-electron chi connectivity index (χ2n) is 10.8. The molecule has 5 heteroatoms. The van der Waals surface area contributed by atoms with Crippen molar-refractivity contribution in [2.24, 2.45) is 0 Å². The summed E-state index contributed by atoms with van der Waals surface area (Å²) >= 11 is 0. The van der Waals surface area contributed by atoms with Gasteiger partial charge in [0, 0.05) is 33.9 Å². The first-order valence-corrected chi connectivity index (χ1v) is 14.6. The van der Waals surface area contributed by atoms with Gasteiger partial charge < -0.3 is 0 Å². The molecule has 0 unspecified atom stereocenters. The van der Waals surface area contributed by atoms with Gasteiger partial charge in [0.1, 0.15) is 5.65 Å². The van der Waals surface area contributed by atoms with E-state index in [0.29, 0.717) is 0 Å². The monoisotopic (exact) mass is 529 g/mol. The van der Waals surface area contributed by atoms with Crippen LogP contribution in [-0.2, 0) is 12.8 Å². The molecule has 40 heavy (non-hydrogen) atoms. The second kappa shape index (κ2) is 11.1. The second-order valence-corrected chi connectivity index (χ2v) is 10.8. The van der Waals surface area contributed by atoms with E-state index in [-0.39, 0.29) is 10.6 Å². The number of unbranched alkanes of at least 4 members (excludes halogenated alkanes) is 4. The SMILES string of the molecule is CCCCCc1c(CCCCC)c2c(-c3ccc([N+](=O)[O-])cc3)c3ccccc3n2c2nc3ccccc3cc12. The van der Waals surface area contributed by atoms with Crippen LogP contribution in [-0.4, -0.2) is 14.3 Å². The van der Waals surface area contributed by atoms with Gasteiger partial charge in [0.15, 0.2) is 0 Å². The summed E-state index contributed by atoms with van der Waals surface area (Å²) in [4.78, 5) is 16.4. The maximum absolute atomic E-state index is 11.4. The summed E-state index contributed by atoms with van der Waals surface area (Å²) in [6.45, 7) is 4.51. The lowest BCUT2D eigenvalue weighted by molar-refractivity contribution is -0.384. The summed E-state index contributed by atoms with van der Waals surface area (Å²) < 4.78 is 2.37. The standard InChI is InChI=1S/C35H35N3O2/c1-3-5-7-14-27-28(15-8-6-4-2)34-33(24-19-21-26(22-20-24)38(39)40)29-16-10-12-18-32(29)37(34)35-30(27)23-25-13-9-11-17-31(25)36-35/h9-13,16-23H,3-8,14-15H2,1-2H3. The maximum Gasteiger partial charge on any atom is 0.269 e. The number of hydrogen-bond donors (Lipinski definition) is 0. The molecule has 0 saturated carbocycles. The van der Waals surface area contributed by atoms with Crippen LogP contribution in [0.5, 0.6) is 0 Å². The van der Waals surface area contributed by atoms with Crippen LogP contribution in [0.4, 0.5) is 5.69 Å². The van der Waals surface area contributed by atoms with E-state index in [1.54, 1.807) is 12.1 Å². The van der Waals surface area contributed by atoms with Gasteiger partial charge in [-0.25, -0.2) is 4.98 Å². The van der Waals surface area contributed by atoms with Gasteiger partial charge in [-0.1, -0.05) is 75.9 Å². The Labute approximate surface area is 234 Å². The van der Waals surface area contributed by atoms with Crippen molar-refractivity contribution >= 4 is 44.0 Å². The van der Waals surface area contributed by atoms with Crippen LogP contribution < -0.4 is 0 Å². The zero-order valence-corrected chi connectivity index (χ0v) is 23.3. The number of non-ortho nitro benzene ring substituents is 1. The van der Waals surface area contributed by atoms with Gasteiger partial charge >= 0.3 is 0 Å². The van der Waals surface area contributed by atoms with Gasteiger partial charge in [0.2, 0.25) is 0 Å². The van der Waals surface area contributed by atoms with E-state index in [0.717, 1.165) is 64.3 Å². The average Bonchev–Trinajstić information content (AvgIpc) is 3.33. The van der Waals surface area contributed by atoms with Crippen molar-refractivity contribution in [3.05, 3.63) is 100 Å². The fourth-order valence-electron chi connectivity index (χ4n) is 6.25. The van der Waals surface area contributed by atoms with Crippen LogP contribution >= 0.6 is 0 Å². The highest BCUT2D eigenvalue weighted by Gasteiger charge is 2.23. The van der Waals surface area contributed by atoms with Crippen molar-refractivity contribution in [1.29, 1.82) is 0 Å². The number of benzene rings is 3. The van der Waals surface area contributed by atoms with Gasteiger partial charge in [-0.3, -0.25) is 14.5 Å². The van der Waals surface area contributed by atoms with Gasteiger partial charge in [-0.05, 0) is 72.7 Å². The molecule has 0 aliphatic heterocycles. The molecule has 0 saturated heterocycles. The molecule has 5 nitrogen and oxygen atoms in total. The highest BCUT2D eigenvalue weighted by atomic mass is 16.6. The smallest absolute Gasteiger partial charge is 0.269 e. The van der Waals surface area contributed by atoms with Gasteiger partial charge in [-0.15, -0.1) is 0 Å². The molecule has 0 radical (unpaired) electrons. The molecule has 0 atom stereocenters. The Hall–Kier alpha value is -4.25. The van der Waals surface area contributed by atoms with Crippen molar-refractivity contribution in [3.8, 4) is 11.1 Å². The number of nitro groups is 1. The molecule has 0 N–H and O–H groups in total. The number of pyridine rings is 2. The minimum absolute atomic E-state index is 0.110. The third kappa shape index (κ3) is 4.49. The first kappa shape index (κ1) is 26.0. The van der Waals surface area contributed by atoms with Crippen LogP contribution in [0.2, 0.25) is 0 Å². The Morgan fingerprint density at radius 2 is 1.45 bits per heavy atom. The molecule has 0 bridgehead atoms. The normalized spacial score (nSPS) is 11.8. The molecular weight excluding hydrogens is 494 g/mol. The Morgan fingerprint density at radius 1 is 0.775 bits per heavy atom. The minimum Gasteiger partial charge on any atom is -0.293 e. The average molecular weight is 530 g/mol. The molecule has 3 aromatic heterocycles. The largest absolute Gasteiger partial charge is 0.293 e. The van der Waals surface area contributed by atoms with E-state index in [1.165, 1.54) is 47.7 Å². The van der Waals surface area contributed by atoms with Crippen LogP contribution in [0.3, 0.4) is 0 Å². The Morgan fingerprint density at radius 3 is 2.17 bits per heavy atom. The number of para-hydroxylation sites is 2. The summed E-state index contributed by atoms with van der Waals surface area (Å²) in [6, 6.07) is 26.3. The Balaban J connectivity index is 1.78. The van der Waals surface area contributed by atoms with Crippen LogP contribution in [0.1, 0.15) is 63.5 Å². The molecule has 3 aromatic carbocycles. The lowest BCUT2D eigenvalue weighted by Crippen LogP contribution is -2.05. The molecule has 0 spiro atoms. The molecule has 0 aliphatic rings. The number of fused-ring (bicyclic) bond motifs is 6. The van der Waals surface area contributed by atoms with Crippen LogP contribution in [0, 0.1) is 10.1 Å². The predicted octanol–water partition coefficient (Wildman–Crippen LogP) is 9.83. The lowest BCUT2D eigenvalue weighted by atomic mass is 9.91. The minimum atomic E-state index is -0.329. The molecule has 6 rings (SSSR count). The topological polar surface area (TPSA) is 60.4 Å². The van der Waals surface area contributed by atoms with Gasteiger partial charge in [0.25, 0.3) is 5.69 Å². The van der Waals surface area contributed by atoms with Crippen LogP contribution in [0.25, 0.3) is 49.5 Å². The number of aromatic nitrogens is 2. The molecule has 0 aliphatic carbocycles. The third-order valence-corrected chi connectivity index (χ3v) is 8.19. The highest BCUT2D eigenvalue weighted by Crippen LogP contribution is 2.42. The number of hydrogen-bond acceptors (Lipinski definition) is 3. The fraction of sp³-hybridized carbons (Fsp3) is 0.286. The van der Waals surface area contributed by atoms with E-state index in [2.05, 4.69) is 72.8 Å². The number of rotatable bonds is 10. The molecule has 0 fully saturated rings. The quantitative estimate of drug-likeness (QED) is 0.0768. The van der Waals surface area contributed by atoms with Gasteiger partial charge in [-0.2, -0.15) is 0 Å². The summed E-state index contributed by atoms with van der Waals surface area (Å²) in [7, 11) is 0. The first-order valence-electron chi connectivity index (χ1n) is 14.6. The third-order valence-electron chi connectivity index (χ3n) is 8.19. The molecule has 0 amide bonds. The van der Waals surface area contributed by atoms with Crippen molar-refractivity contribution < 1.29 is 4.92 Å². The Bertz CT molecular complexity index is 1850. The first-order chi connectivity index (χ1) is 19.6. The van der Waals surface area contributed by atoms with E-state index < -0.39 is 0 Å². The maximum atomic E-state index is 11.4. The van der Waals surface area contributed by atoms with Crippen LogP contribution in [0.15, 0.2) is 78.9 Å². The van der Waals surface area contributed by atoms with Crippen molar-refractivity contribution in [2.45, 2.75) is 65.2 Å². The summed E-state index contributed by atoms with van der Waals surface area (Å²) in [5.41, 5.74) is 9.37. The summed E-state index contributed by atoms with van der Waals surface area (Å²) in [5.74, 6) is 0. The van der Waals surface area contributed by atoms with E-state index in [1.807, 2.05) is 12.1 Å². The lowest BCUT2D eigenvalue weighted by Gasteiger charge is -2.19. The zero-order valence-electron chi connectivity index (χ0n) is 23.3. The van der Waals surface area contributed by atoms with Gasteiger partial charge in [0.05, 0.1) is 21.5 Å². The fourth-order valence-corrected chi connectivity index (χ4v) is 6.25. The summed E-state index contributed by atoms with van der Waals surface area (Å²) in [6.07, 6.45) is 9.00. The molecule has 202 valence electrons.